The van der Waals surface area contributed by atoms with Gasteiger partial charge in [0.1, 0.15) is 13.2 Å². The molecule has 0 unspecified atom stereocenters. The smallest absolute Gasteiger partial charge is 0.407 e. The topological polar surface area (TPSA) is 95.9 Å². The maximum atomic E-state index is 12.9. The zero-order valence-electron chi connectivity index (χ0n) is 18.8. The van der Waals surface area contributed by atoms with Gasteiger partial charge in [0.05, 0.1) is 5.41 Å². The SMILES string of the molecule is CCC(CC)(CNC(=O)OCC1c2ccccc2-c2ccccc21)C(=O)N(C)CC(=O)O. The Morgan fingerprint density at radius 2 is 1.53 bits per heavy atom. The number of carbonyl (C=O) groups excluding carboxylic acids is 2. The molecule has 0 bridgehead atoms. The number of carboxylic acids is 1. The number of aliphatic carboxylic acids is 1. The molecule has 0 atom stereocenters. The van der Waals surface area contributed by atoms with Crippen LogP contribution < -0.4 is 5.32 Å². The first-order chi connectivity index (χ1) is 15.3. The molecule has 7 heteroatoms. The van der Waals surface area contributed by atoms with E-state index in [-0.39, 0.29) is 31.5 Å². The molecule has 3 rings (SSSR count). The highest BCUT2D eigenvalue weighted by Gasteiger charge is 2.38. The van der Waals surface area contributed by atoms with E-state index in [1.165, 1.54) is 11.9 Å². The van der Waals surface area contributed by atoms with Crippen molar-refractivity contribution in [3.05, 3.63) is 59.7 Å². The van der Waals surface area contributed by atoms with Crippen molar-refractivity contribution < 1.29 is 24.2 Å². The van der Waals surface area contributed by atoms with Gasteiger partial charge in [-0.2, -0.15) is 0 Å². The van der Waals surface area contributed by atoms with E-state index in [2.05, 4.69) is 29.6 Å². The Hall–Kier alpha value is -3.35. The Bertz CT molecular complexity index is 954. The first-order valence-electron chi connectivity index (χ1n) is 10.9. The lowest BCUT2D eigenvalue weighted by molar-refractivity contribution is -0.148. The third kappa shape index (κ3) is 4.61. The molecular formula is C25H30N2O5. The maximum absolute atomic E-state index is 12.9. The second-order valence-corrected chi connectivity index (χ2v) is 8.22. The number of nitrogens with zero attached hydrogens (tertiary/aromatic N) is 1. The first kappa shape index (κ1) is 23.3. The summed E-state index contributed by atoms with van der Waals surface area (Å²) in [7, 11) is 1.46. The third-order valence-corrected chi connectivity index (χ3v) is 6.44. The van der Waals surface area contributed by atoms with E-state index < -0.39 is 17.5 Å². The molecule has 170 valence electrons. The molecule has 0 saturated carbocycles. The molecule has 2 aromatic carbocycles. The molecule has 1 aliphatic carbocycles. The fraction of sp³-hybridized carbons (Fsp3) is 0.400. The minimum Gasteiger partial charge on any atom is -0.480 e. The van der Waals surface area contributed by atoms with Crippen molar-refractivity contribution in [1.29, 1.82) is 0 Å². The second kappa shape index (κ2) is 9.85. The van der Waals surface area contributed by atoms with Gasteiger partial charge in [0.2, 0.25) is 5.91 Å². The molecule has 32 heavy (non-hydrogen) atoms. The van der Waals surface area contributed by atoms with E-state index in [1.54, 1.807) is 0 Å². The number of alkyl carbamates (subject to hydrolysis) is 1. The quantitative estimate of drug-likeness (QED) is 0.620. The second-order valence-electron chi connectivity index (χ2n) is 8.22. The van der Waals surface area contributed by atoms with Crippen LogP contribution in [-0.2, 0) is 14.3 Å². The molecule has 2 N–H and O–H groups in total. The summed E-state index contributed by atoms with van der Waals surface area (Å²) < 4.78 is 5.56. The zero-order valence-corrected chi connectivity index (χ0v) is 18.8. The largest absolute Gasteiger partial charge is 0.480 e. The van der Waals surface area contributed by atoms with Crippen molar-refractivity contribution in [2.75, 3.05) is 26.7 Å². The van der Waals surface area contributed by atoms with Gasteiger partial charge in [0, 0.05) is 19.5 Å². The van der Waals surface area contributed by atoms with Crippen molar-refractivity contribution in [3.8, 4) is 11.1 Å². The predicted molar refractivity (Wildman–Crippen MR) is 121 cm³/mol. The van der Waals surface area contributed by atoms with Crippen LogP contribution >= 0.6 is 0 Å². The highest BCUT2D eigenvalue weighted by molar-refractivity contribution is 5.86. The third-order valence-electron chi connectivity index (χ3n) is 6.44. The monoisotopic (exact) mass is 438 g/mol. The molecule has 1 aliphatic rings. The predicted octanol–water partition coefficient (Wildman–Crippen LogP) is 3.87. The summed E-state index contributed by atoms with van der Waals surface area (Å²) in [6, 6.07) is 16.2. The molecule has 0 radical (unpaired) electrons. The standard InChI is InChI=1S/C25H30N2O5/c1-4-25(5-2,23(30)27(3)14-22(28)29)16-26-24(31)32-15-21-19-12-8-6-10-17(19)18-11-7-9-13-20(18)21/h6-13,21H,4-5,14-16H2,1-3H3,(H,26,31)(H,28,29). The van der Waals surface area contributed by atoms with Crippen molar-refractivity contribution in [2.45, 2.75) is 32.6 Å². The van der Waals surface area contributed by atoms with Crippen molar-refractivity contribution in [2.24, 2.45) is 5.41 Å². The average molecular weight is 439 g/mol. The van der Waals surface area contributed by atoms with E-state index in [1.807, 2.05) is 38.1 Å². The van der Waals surface area contributed by atoms with E-state index >= 15 is 0 Å². The van der Waals surface area contributed by atoms with Gasteiger partial charge in [-0.3, -0.25) is 9.59 Å². The summed E-state index contributed by atoms with van der Waals surface area (Å²) in [5.41, 5.74) is 3.68. The van der Waals surface area contributed by atoms with Gasteiger partial charge < -0.3 is 20.1 Å². The number of benzene rings is 2. The molecule has 7 nitrogen and oxygen atoms in total. The molecule has 2 aromatic rings. The number of carboxylic acid groups (broad SMARTS) is 1. The van der Waals surface area contributed by atoms with Crippen LogP contribution in [0.15, 0.2) is 48.5 Å². The minimum absolute atomic E-state index is 0.0430. The fourth-order valence-electron chi connectivity index (χ4n) is 4.45. The molecule has 0 fully saturated rings. The lowest BCUT2D eigenvalue weighted by Crippen LogP contribution is -2.49. The number of likely N-dealkylation sites (N-methyl/N-ethyl adjacent to an activating group) is 1. The van der Waals surface area contributed by atoms with Crippen LogP contribution in [0.25, 0.3) is 11.1 Å². The van der Waals surface area contributed by atoms with Crippen LogP contribution in [-0.4, -0.2) is 54.7 Å². The van der Waals surface area contributed by atoms with Gasteiger partial charge >= 0.3 is 12.1 Å². The Morgan fingerprint density at radius 1 is 1.00 bits per heavy atom. The lowest BCUT2D eigenvalue weighted by Gasteiger charge is -2.33. The fourth-order valence-corrected chi connectivity index (χ4v) is 4.45. The normalized spacial score (nSPS) is 12.6. The first-order valence-corrected chi connectivity index (χ1v) is 10.9. The van der Waals surface area contributed by atoms with E-state index in [0.29, 0.717) is 12.8 Å². The van der Waals surface area contributed by atoms with Gasteiger partial charge in [-0.15, -0.1) is 0 Å². The number of hydrogen-bond acceptors (Lipinski definition) is 4. The lowest BCUT2D eigenvalue weighted by atomic mass is 9.80. The van der Waals surface area contributed by atoms with Gasteiger partial charge in [-0.05, 0) is 35.1 Å². The van der Waals surface area contributed by atoms with Gasteiger partial charge in [0.15, 0.2) is 0 Å². The Labute approximate surface area is 188 Å². The number of rotatable bonds is 9. The van der Waals surface area contributed by atoms with Crippen LogP contribution in [0.5, 0.6) is 0 Å². The molecule has 0 heterocycles. The summed E-state index contributed by atoms with van der Waals surface area (Å²) in [6.07, 6.45) is 0.346. The van der Waals surface area contributed by atoms with Crippen LogP contribution in [0.4, 0.5) is 4.79 Å². The summed E-state index contributed by atoms with van der Waals surface area (Å²) in [5.74, 6) is -1.42. The van der Waals surface area contributed by atoms with Gasteiger partial charge in [-0.25, -0.2) is 4.79 Å². The van der Waals surface area contributed by atoms with Crippen LogP contribution in [0.1, 0.15) is 43.7 Å². The minimum atomic E-state index is -1.08. The van der Waals surface area contributed by atoms with Crippen molar-refractivity contribution in [3.63, 3.8) is 0 Å². The average Bonchev–Trinajstić information content (AvgIpc) is 3.12. The molecule has 0 aromatic heterocycles. The summed E-state index contributed by atoms with van der Waals surface area (Å²) in [4.78, 5) is 37.6. The van der Waals surface area contributed by atoms with E-state index in [0.717, 1.165) is 22.3 Å². The summed E-state index contributed by atoms with van der Waals surface area (Å²) >= 11 is 0. The number of nitrogens with one attached hydrogen (secondary N) is 1. The molecule has 0 aliphatic heterocycles. The van der Waals surface area contributed by atoms with Crippen LogP contribution in [0.2, 0.25) is 0 Å². The molecule has 0 saturated heterocycles. The van der Waals surface area contributed by atoms with E-state index in [4.69, 9.17) is 9.84 Å². The molecule has 2 amide bonds. The number of ether oxygens (including phenoxy) is 1. The van der Waals surface area contributed by atoms with E-state index in [9.17, 15) is 14.4 Å². The number of fused-ring (bicyclic) bond motifs is 3. The van der Waals surface area contributed by atoms with Crippen molar-refractivity contribution in [1.82, 2.24) is 10.2 Å². The van der Waals surface area contributed by atoms with Gasteiger partial charge in [-0.1, -0.05) is 62.4 Å². The number of carbonyl (C=O) groups is 3. The summed E-state index contributed by atoms with van der Waals surface area (Å²) in [6.45, 7) is 3.60. The Morgan fingerprint density at radius 3 is 2.03 bits per heavy atom. The highest BCUT2D eigenvalue weighted by Crippen LogP contribution is 2.44. The molecule has 0 spiro atoms. The summed E-state index contributed by atoms with van der Waals surface area (Å²) in [5, 5.41) is 11.7. The number of hydrogen-bond donors (Lipinski definition) is 2. The Kier molecular flexibility index (Phi) is 7.18. The molecular weight excluding hydrogens is 408 g/mol. The maximum Gasteiger partial charge on any atom is 0.407 e. The van der Waals surface area contributed by atoms with Crippen LogP contribution in [0.3, 0.4) is 0 Å². The Balaban J connectivity index is 1.64. The number of amides is 2. The van der Waals surface area contributed by atoms with Crippen LogP contribution in [0, 0.1) is 5.41 Å². The van der Waals surface area contributed by atoms with Gasteiger partial charge in [0.25, 0.3) is 0 Å². The van der Waals surface area contributed by atoms with Crippen molar-refractivity contribution >= 4 is 18.0 Å². The highest BCUT2D eigenvalue weighted by atomic mass is 16.5. The zero-order chi connectivity index (χ0) is 23.3.